The zero-order valence-electron chi connectivity index (χ0n) is 69.4. The topological polar surface area (TPSA) is 120 Å². The number of aromatic nitrogens is 8. The Morgan fingerprint density at radius 1 is 0.263 bits per heavy atom. The molecule has 0 unspecified atom stereocenters. The Hall–Kier alpha value is -13.8. The van der Waals surface area contributed by atoms with Crippen LogP contribution in [0.5, 0.6) is 0 Å². The van der Waals surface area contributed by atoms with Gasteiger partial charge in [0.1, 0.15) is 28.2 Å². The number of benzene rings is 8. The number of fused-ring (bicyclic) bond motifs is 12. The lowest BCUT2D eigenvalue weighted by Gasteiger charge is -2.10. The van der Waals surface area contributed by atoms with Gasteiger partial charge in [0.25, 0.3) is 0 Å². The standard InChI is InChI=1S/C28H27N2O.2C27H25N2O.C24H19N2O/c1-18(2)16-20-8-10-21(11-9-20)22-13-15-30(4)25(17-22)26-19(3)7-12-23-24-6-5-14-29-28(24)31-27(23)26;1-17(2)19-7-5-8-20(15-19)21-12-14-29(4)24(16-21)25-18(3)10-11-22-23-9-6-13-28-27(23)30-26(22)25;1-17(2)19-8-10-20(11-9-19)21-13-15-29(4)24(16-21)25-18(3)7-12-22-23-6-5-14-28-27(23)30-26(22)25;1-16-10-11-19-20-9-6-13-25-24(20)27-23(19)22(16)21-15-18(12-14-26(21)2)17-7-4-3-5-8-17/h5-15,17-18H,16H2,1-4H3;2*5-17H,1-4H3;3-15H,1-2H3/q4*+1. The minimum atomic E-state index is 0.503. The summed E-state index contributed by atoms with van der Waals surface area (Å²) in [5.41, 5.74) is 33.8. The Balaban J connectivity index is 0.000000113. The summed E-state index contributed by atoms with van der Waals surface area (Å²) in [5.74, 6) is 1.70. The van der Waals surface area contributed by atoms with Crippen molar-refractivity contribution in [3.8, 4) is 89.5 Å². The van der Waals surface area contributed by atoms with Crippen molar-refractivity contribution in [3.63, 3.8) is 0 Å². The first-order valence-electron chi connectivity index (χ1n) is 40.7. The average molecular weight is 1550 g/mol. The third-order valence-electron chi connectivity index (χ3n) is 23.0. The zero-order chi connectivity index (χ0) is 81.6. The molecule has 0 N–H and O–H groups in total. The van der Waals surface area contributed by atoms with Gasteiger partial charge in [0.2, 0.25) is 45.6 Å². The smallest absolute Gasteiger partial charge is 0.227 e. The molecule has 20 aromatic rings. The summed E-state index contributed by atoms with van der Waals surface area (Å²) in [7, 11) is 8.33. The Kier molecular flexibility index (Phi) is 21.1. The van der Waals surface area contributed by atoms with Crippen LogP contribution in [-0.4, -0.2) is 19.9 Å². The Labute approximate surface area is 688 Å². The van der Waals surface area contributed by atoms with Crippen LogP contribution in [0.1, 0.15) is 92.3 Å². The maximum absolute atomic E-state index is 6.25. The van der Waals surface area contributed by atoms with E-state index in [2.05, 4.69) is 379 Å². The molecule has 12 heterocycles. The summed E-state index contributed by atoms with van der Waals surface area (Å²) in [5, 5.41) is 8.62. The summed E-state index contributed by atoms with van der Waals surface area (Å²) in [6.07, 6.45) is 16.7. The molecule has 0 aliphatic rings. The maximum Gasteiger partial charge on any atom is 0.227 e. The third kappa shape index (κ3) is 15.0. The van der Waals surface area contributed by atoms with Crippen LogP contribution in [0.25, 0.3) is 178 Å². The Bertz CT molecular complexity index is 7170. The van der Waals surface area contributed by atoms with Crippen LogP contribution in [-0.2, 0) is 34.6 Å². The molecular weight excluding hydrogens is 1450 g/mol. The van der Waals surface area contributed by atoms with E-state index >= 15 is 0 Å². The van der Waals surface area contributed by atoms with Gasteiger partial charge in [-0.15, -0.1) is 0 Å². The van der Waals surface area contributed by atoms with Crippen molar-refractivity contribution < 1.29 is 35.9 Å². The number of rotatable bonds is 12. The van der Waals surface area contributed by atoms with E-state index in [1.165, 1.54) is 83.5 Å². The predicted molar refractivity (Wildman–Crippen MR) is 480 cm³/mol. The second kappa shape index (κ2) is 32.4. The van der Waals surface area contributed by atoms with E-state index in [9.17, 15) is 0 Å². The fourth-order valence-electron chi connectivity index (χ4n) is 16.4. The highest BCUT2D eigenvalue weighted by Gasteiger charge is 2.28. The highest BCUT2D eigenvalue weighted by Crippen LogP contribution is 2.43. The number of nitrogens with zero attached hydrogens (tertiary/aromatic N) is 8. The summed E-state index contributed by atoms with van der Waals surface area (Å²) < 4.78 is 33.6. The fraction of sp³-hybridized carbons (Fsp3) is 0.170. The highest BCUT2D eigenvalue weighted by molar-refractivity contribution is 6.12. The fourth-order valence-corrected chi connectivity index (χ4v) is 16.4. The van der Waals surface area contributed by atoms with Crippen LogP contribution in [0.2, 0.25) is 0 Å². The number of aryl methyl sites for hydroxylation is 8. The van der Waals surface area contributed by atoms with E-state index < -0.39 is 0 Å². The van der Waals surface area contributed by atoms with Gasteiger partial charge in [-0.25, -0.2) is 38.2 Å². The molecule has 0 saturated heterocycles. The van der Waals surface area contributed by atoms with Gasteiger partial charge in [-0.05, 0) is 184 Å². The van der Waals surface area contributed by atoms with E-state index in [-0.39, 0.29) is 0 Å². The molecule has 580 valence electrons. The van der Waals surface area contributed by atoms with Gasteiger partial charge in [-0.3, -0.25) is 0 Å². The largest absolute Gasteiger partial charge is 0.437 e. The van der Waals surface area contributed by atoms with E-state index in [0.717, 1.165) is 117 Å². The quantitative estimate of drug-likeness (QED) is 0.111. The SMILES string of the molecule is Cc1ccc2c(oc3ncccc32)c1-c1cc(-c2ccc(C(C)C)cc2)cc[n+]1C.Cc1ccc2c(oc3ncccc32)c1-c1cc(-c2ccc(CC(C)C)cc2)cc[n+]1C.Cc1ccc2c(oc3ncccc32)c1-c1cc(-c2cccc(C(C)C)c2)cc[n+]1C.Cc1ccc2c(oc3ncccc32)c1-c1cc(-c2ccccc2)cc[n+]1C. The molecule has 12 heteroatoms. The van der Waals surface area contributed by atoms with E-state index in [1.54, 1.807) is 24.8 Å². The lowest BCUT2D eigenvalue weighted by atomic mass is 9.95. The summed E-state index contributed by atoms with van der Waals surface area (Å²) >= 11 is 0. The van der Waals surface area contributed by atoms with Gasteiger partial charge in [-0.2, -0.15) is 0 Å². The molecule has 0 saturated carbocycles. The van der Waals surface area contributed by atoms with Crippen molar-refractivity contribution in [1.29, 1.82) is 0 Å². The average Bonchev–Trinajstić information content (AvgIpc) is 1.53. The second-order valence-electron chi connectivity index (χ2n) is 32.2. The van der Waals surface area contributed by atoms with Crippen molar-refractivity contribution >= 4 is 88.3 Å². The lowest BCUT2D eigenvalue weighted by molar-refractivity contribution is -0.660. The zero-order valence-corrected chi connectivity index (χ0v) is 69.4. The van der Waals surface area contributed by atoms with Crippen LogP contribution >= 0.6 is 0 Å². The van der Waals surface area contributed by atoms with Gasteiger partial charge < -0.3 is 17.7 Å². The lowest BCUT2D eigenvalue weighted by Crippen LogP contribution is -2.30. The van der Waals surface area contributed by atoms with Gasteiger partial charge >= 0.3 is 0 Å². The van der Waals surface area contributed by atoms with E-state index in [1.807, 2.05) is 30.3 Å². The van der Waals surface area contributed by atoms with Crippen molar-refractivity contribution in [2.75, 3.05) is 0 Å². The first-order chi connectivity index (χ1) is 57.3. The van der Waals surface area contributed by atoms with Crippen LogP contribution < -0.4 is 18.3 Å². The minimum absolute atomic E-state index is 0.503. The van der Waals surface area contributed by atoms with Crippen molar-refractivity contribution in [1.82, 2.24) is 19.9 Å². The van der Waals surface area contributed by atoms with Crippen molar-refractivity contribution in [2.24, 2.45) is 34.1 Å². The summed E-state index contributed by atoms with van der Waals surface area (Å²) in [4.78, 5) is 17.7. The molecule has 0 amide bonds. The van der Waals surface area contributed by atoms with Crippen molar-refractivity contribution in [3.05, 3.63) is 337 Å². The molecule has 0 radical (unpaired) electrons. The molecule has 0 spiro atoms. The molecule has 118 heavy (non-hydrogen) atoms. The van der Waals surface area contributed by atoms with Crippen LogP contribution in [0.15, 0.2) is 316 Å². The molecule has 12 nitrogen and oxygen atoms in total. The maximum atomic E-state index is 6.25. The first kappa shape index (κ1) is 76.8. The molecule has 12 aromatic heterocycles. The number of hydrogen-bond donors (Lipinski definition) is 0. The first-order valence-corrected chi connectivity index (χ1v) is 40.7. The van der Waals surface area contributed by atoms with Crippen LogP contribution in [0, 0.1) is 33.6 Å². The number of pyridine rings is 8. The molecule has 0 atom stereocenters. The van der Waals surface area contributed by atoms with Crippen LogP contribution in [0.3, 0.4) is 0 Å². The molecular formula is C106H96N8O4+4. The number of furan rings is 4. The Morgan fingerprint density at radius 2 is 0.559 bits per heavy atom. The second-order valence-corrected chi connectivity index (χ2v) is 32.2. The normalized spacial score (nSPS) is 11.6. The van der Waals surface area contributed by atoms with Gasteiger partial charge in [0.15, 0.2) is 47.1 Å². The molecule has 0 bridgehead atoms. The summed E-state index contributed by atoms with van der Waals surface area (Å²) in [6, 6.07) is 88.1. The summed E-state index contributed by atoms with van der Waals surface area (Å²) in [6.45, 7) is 22.0. The molecule has 20 rings (SSSR count). The molecule has 0 aliphatic carbocycles. The third-order valence-corrected chi connectivity index (χ3v) is 23.0. The number of hydrogen-bond acceptors (Lipinski definition) is 8. The minimum Gasteiger partial charge on any atom is -0.437 e. The highest BCUT2D eigenvalue weighted by atomic mass is 16.4. The van der Waals surface area contributed by atoms with Gasteiger partial charge in [0.05, 0.1) is 22.3 Å². The van der Waals surface area contributed by atoms with Crippen molar-refractivity contribution in [2.45, 2.75) is 87.5 Å². The monoisotopic (exact) mass is 1540 g/mol. The van der Waals surface area contributed by atoms with Gasteiger partial charge in [0, 0.05) is 116 Å². The van der Waals surface area contributed by atoms with Crippen LogP contribution in [0.4, 0.5) is 0 Å². The van der Waals surface area contributed by atoms with Gasteiger partial charge in [-0.1, -0.05) is 193 Å². The predicted octanol–water partition coefficient (Wildman–Crippen LogP) is 25.2. The molecule has 0 aliphatic heterocycles. The molecule has 0 fully saturated rings. The van der Waals surface area contributed by atoms with E-state index in [0.29, 0.717) is 40.6 Å². The Morgan fingerprint density at radius 3 is 0.881 bits per heavy atom. The molecule has 8 aromatic carbocycles. The van der Waals surface area contributed by atoms with E-state index in [4.69, 9.17) is 17.7 Å².